The van der Waals surface area contributed by atoms with Gasteiger partial charge in [-0.15, -0.1) is 0 Å². The van der Waals surface area contributed by atoms with E-state index in [1.807, 2.05) is 48.5 Å². The number of ether oxygens (including phenoxy) is 1. The van der Waals surface area contributed by atoms with Gasteiger partial charge in [-0.25, -0.2) is 5.01 Å². The second-order valence-corrected chi connectivity index (χ2v) is 10.3. The lowest BCUT2D eigenvalue weighted by Crippen LogP contribution is -2.34. The topological polar surface area (TPSA) is 128 Å². The van der Waals surface area contributed by atoms with Crippen LogP contribution in [0.4, 0.5) is 11.4 Å². The molecular formula is C32H26N4O6. The number of carbonyl (C=O) groups is 1. The molecule has 4 aromatic carbocycles. The molecule has 4 aromatic rings. The van der Waals surface area contributed by atoms with E-state index in [0.29, 0.717) is 29.0 Å². The number of hydrazone groups is 1. The van der Waals surface area contributed by atoms with Gasteiger partial charge in [-0.3, -0.25) is 25.0 Å². The quantitative estimate of drug-likeness (QED) is 0.179. The summed E-state index contributed by atoms with van der Waals surface area (Å²) in [7, 11) is 0. The SMILES string of the molecule is O=C(COc1ccc2ccccc2c1)N1N=C2/C(=C\c3cccc([N+](=O)[O-])c3)CCCC2C1c1cccc([N+](=O)[O-])c1. The van der Waals surface area contributed by atoms with Gasteiger partial charge in [0.25, 0.3) is 17.3 Å². The van der Waals surface area contributed by atoms with Gasteiger partial charge in [-0.2, -0.15) is 5.10 Å². The monoisotopic (exact) mass is 562 g/mol. The predicted octanol–water partition coefficient (Wildman–Crippen LogP) is 6.86. The van der Waals surface area contributed by atoms with Crippen molar-refractivity contribution < 1.29 is 19.4 Å². The van der Waals surface area contributed by atoms with Gasteiger partial charge in [0, 0.05) is 30.2 Å². The fourth-order valence-electron chi connectivity index (χ4n) is 5.76. The van der Waals surface area contributed by atoms with Gasteiger partial charge < -0.3 is 4.74 Å². The second-order valence-electron chi connectivity index (χ2n) is 10.3. The van der Waals surface area contributed by atoms with Gasteiger partial charge in [-0.05, 0) is 64.9 Å². The van der Waals surface area contributed by atoms with Gasteiger partial charge in [-0.1, -0.05) is 54.6 Å². The normalized spacial score (nSPS) is 18.9. The lowest BCUT2D eigenvalue weighted by molar-refractivity contribution is -0.385. The van der Waals surface area contributed by atoms with Crippen LogP contribution in [0.5, 0.6) is 5.75 Å². The molecule has 210 valence electrons. The number of hydrogen-bond acceptors (Lipinski definition) is 7. The van der Waals surface area contributed by atoms with Crippen LogP contribution >= 0.6 is 0 Å². The van der Waals surface area contributed by atoms with Crippen LogP contribution in [0.15, 0.2) is 102 Å². The molecule has 0 spiro atoms. The zero-order valence-corrected chi connectivity index (χ0v) is 22.5. The average molecular weight is 563 g/mol. The van der Waals surface area contributed by atoms with Gasteiger partial charge in [0.1, 0.15) is 5.75 Å². The number of nitro benzene ring substituents is 2. The van der Waals surface area contributed by atoms with Gasteiger partial charge >= 0.3 is 0 Å². The van der Waals surface area contributed by atoms with Crippen molar-refractivity contribution in [1.82, 2.24) is 5.01 Å². The van der Waals surface area contributed by atoms with E-state index in [1.165, 1.54) is 29.3 Å². The van der Waals surface area contributed by atoms with E-state index in [2.05, 4.69) is 0 Å². The summed E-state index contributed by atoms with van der Waals surface area (Å²) < 4.78 is 5.90. The Kier molecular flexibility index (Phi) is 7.18. The summed E-state index contributed by atoms with van der Waals surface area (Å²) in [6.45, 7) is -0.267. The highest BCUT2D eigenvalue weighted by Crippen LogP contribution is 2.45. The van der Waals surface area contributed by atoms with Crippen molar-refractivity contribution in [3.05, 3.63) is 128 Å². The smallest absolute Gasteiger partial charge is 0.281 e. The molecule has 0 radical (unpaired) electrons. The first-order valence-corrected chi connectivity index (χ1v) is 13.6. The molecule has 42 heavy (non-hydrogen) atoms. The molecule has 10 nitrogen and oxygen atoms in total. The maximum Gasteiger partial charge on any atom is 0.281 e. The predicted molar refractivity (Wildman–Crippen MR) is 158 cm³/mol. The van der Waals surface area contributed by atoms with E-state index < -0.39 is 15.9 Å². The number of allylic oxidation sites excluding steroid dienone is 1. The van der Waals surface area contributed by atoms with Gasteiger partial charge in [0.15, 0.2) is 6.61 Å². The summed E-state index contributed by atoms with van der Waals surface area (Å²) in [5.74, 6) is -0.0314. The summed E-state index contributed by atoms with van der Waals surface area (Å²) in [6.07, 6.45) is 4.11. The molecule has 1 aliphatic heterocycles. The summed E-state index contributed by atoms with van der Waals surface area (Å²) in [4.78, 5) is 35.7. The van der Waals surface area contributed by atoms with Crippen molar-refractivity contribution in [2.75, 3.05) is 6.61 Å². The van der Waals surface area contributed by atoms with Crippen LogP contribution in [0.3, 0.4) is 0 Å². The highest BCUT2D eigenvalue weighted by atomic mass is 16.6. The zero-order valence-electron chi connectivity index (χ0n) is 22.5. The molecule has 0 aromatic heterocycles. The third kappa shape index (κ3) is 5.34. The first-order chi connectivity index (χ1) is 20.4. The summed E-state index contributed by atoms with van der Waals surface area (Å²) >= 11 is 0. The fraction of sp³-hybridized carbons (Fsp3) is 0.188. The Balaban J connectivity index is 1.34. The number of rotatable bonds is 7. The Bertz CT molecular complexity index is 1780. The Morgan fingerprint density at radius 3 is 2.43 bits per heavy atom. The Hall–Kier alpha value is -5.38. The molecule has 1 heterocycles. The number of non-ortho nitro benzene ring substituents is 2. The molecule has 0 bridgehead atoms. The number of nitrogens with zero attached hydrogens (tertiary/aromatic N) is 4. The van der Waals surface area contributed by atoms with E-state index in [1.54, 1.807) is 24.3 Å². The first kappa shape index (κ1) is 26.8. The molecule has 2 atom stereocenters. The Morgan fingerprint density at radius 2 is 1.64 bits per heavy atom. The molecule has 2 aliphatic rings. The van der Waals surface area contributed by atoms with Crippen molar-refractivity contribution >= 4 is 39.8 Å². The summed E-state index contributed by atoms with van der Waals surface area (Å²) in [5, 5.41) is 31.1. The molecule has 0 N–H and O–H groups in total. The third-order valence-corrected chi connectivity index (χ3v) is 7.68. The number of fused-ring (bicyclic) bond motifs is 2. The van der Waals surface area contributed by atoms with Crippen molar-refractivity contribution in [3.63, 3.8) is 0 Å². The number of nitro groups is 2. The molecule has 1 amide bonds. The minimum Gasteiger partial charge on any atom is -0.484 e. The highest BCUT2D eigenvalue weighted by Gasteiger charge is 2.44. The van der Waals surface area contributed by atoms with Crippen LogP contribution in [-0.2, 0) is 4.79 Å². The summed E-state index contributed by atoms with van der Waals surface area (Å²) in [6, 6.07) is 25.6. The number of hydrogen-bond donors (Lipinski definition) is 0. The van der Waals surface area contributed by atoms with Crippen LogP contribution in [-0.4, -0.2) is 33.1 Å². The maximum atomic E-state index is 13.7. The van der Waals surface area contributed by atoms with Crippen molar-refractivity contribution in [2.24, 2.45) is 11.0 Å². The van der Waals surface area contributed by atoms with Crippen LogP contribution < -0.4 is 4.74 Å². The van der Waals surface area contributed by atoms with E-state index in [0.717, 1.165) is 29.2 Å². The van der Waals surface area contributed by atoms with E-state index in [9.17, 15) is 25.0 Å². The van der Waals surface area contributed by atoms with Crippen LogP contribution in [0.25, 0.3) is 16.8 Å². The maximum absolute atomic E-state index is 13.7. The van der Waals surface area contributed by atoms with Crippen molar-refractivity contribution in [3.8, 4) is 5.75 Å². The van der Waals surface area contributed by atoms with E-state index in [-0.39, 0.29) is 29.8 Å². The molecule has 1 aliphatic carbocycles. The molecule has 1 fully saturated rings. The number of amides is 1. The minimum absolute atomic E-state index is 0.0119. The average Bonchev–Trinajstić information content (AvgIpc) is 3.41. The number of carbonyl (C=O) groups excluding carboxylic acids is 1. The first-order valence-electron chi connectivity index (χ1n) is 13.6. The van der Waals surface area contributed by atoms with E-state index in [4.69, 9.17) is 9.84 Å². The fourth-order valence-corrected chi connectivity index (χ4v) is 5.76. The lowest BCUT2D eigenvalue weighted by atomic mass is 9.77. The van der Waals surface area contributed by atoms with Crippen LogP contribution in [0, 0.1) is 26.1 Å². The second kappa shape index (κ2) is 11.2. The molecule has 1 saturated carbocycles. The minimum atomic E-state index is -0.554. The molecule has 10 heteroatoms. The van der Waals surface area contributed by atoms with Gasteiger partial charge in [0.2, 0.25) is 0 Å². The molecule has 6 rings (SSSR count). The van der Waals surface area contributed by atoms with Gasteiger partial charge in [0.05, 0.1) is 21.6 Å². The van der Waals surface area contributed by atoms with Crippen LogP contribution in [0.2, 0.25) is 0 Å². The molecular weight excluding hydrogens is 536 g/mol. The van der Waals surface area contributed by atoms with Crippen LogP contribution in [0.1, 0.15) is 36.4 Å². The number of benzene rings is 4. The standard InChI is InChI=1S/C32H26N4O6/c37-30(20-42-28-15-14-22-7-1-2-8-23(22)19-28)34-32(25-10-4-12-27(18-25)36(40)41)29-13-5-9-24(31(29)33-34)16-21-6-3-11-26(17-21)35(38)39/h1-4,6-8,10-12,14-19,29,32H,5,9,13,20H2/b24-16-. The summed E-state index contributed by atoms with van der Waals surface area (Å²) in [5.41, 5.74) is 2.80. The van der Waals surface area contributed by atoms with Crippen molar-refractivity contribution in [1.29, 1.82) is 0 Å². The third-order valence-electron chi connectivity index (χ3n) is 7.68. The zero-order chi connectivity index (χ0) is 29.2. The Morgan fingerprint density at radius 1 is 0.905 bits per heavy atom. The van der Waals surface area contributed by atoms with Crippen molar-refractivity contribution in [2.45, 2.75) is 25.3 Å². The lowest BCUT2D eigenvalue weighted by Gasteiger charge is -2.29. The molecule has 0 saturated heterocycles. The molecule has 2 unspecified atom stereocenters. The Labute approximate surface area is 240 Å². The highest BCUT2D eigenvalue weighted by molar-refractivity contribution is 6.08. The largest absolute Gasteiger partial charge is 0.484 e. The van der Waals surface area contributed by atoms with E-state index >= 15 is 0 Å².